The Morgan fingerprint density at radius 2 is 1.87 bits per heavy atom. The molecule has 0 aliphatic heterocycles. The van der Waals surface area contributed by atoms with Gasteiger partial charge in [-0.2, -0.15) is 0 Å². The van der Waals surface area contributed by atoms with Crippen LogP contribution in [0.25, 0.3) is 0 Å². The van der Waals surface area contributed by atoms with Gasteiger partial charge in [0, 0.05) is 13.5 Å². The average Bonchev–Trinajstić information content (AvgIpc) is 2.13. The monoisotopic (exact) mass is 218 g/mol. The smallest absolute Gasteiger partial charge is 0.309 e. The van der Waals surface area contributed by atoms with Crippen LogP contribution in [0.15, 0.2) is 0 Å². The summed E-state index contributed by atoms with van der Waals surface area (Å²) in [7, 11) is 0. The minimum Gasteiger partial charge on any atom is -0.466 e. The first kappa shape index (κ1) is 13.9. The molecule has 1 atom stereocenters. The molecule has 0 aliphatic carbocycles. The predicted octanol–water partition coefficient (Wildman–Crippen LogP) is 0.908. The van der Waals surface area contributed by atoms with Gasteiger partial charge < -0.3 is 14.2 Å². The summed E-state index contributed by atoms with van der Waals surface area (Å²) in [5.41, 5.74) is 0. The van der Waals surface area contributed by atoms with Gasteiger partial charge in [-0.05, 0) is 13.8 Å². The normalized spacial score (nSPS) is 11.9. The van der Waals surface area contributed by atoms with E-state index in [1.54, 1.807) is 6.92 Å². The van der Waals surface area contributed by atoms with E-state index in [0.717, 1.165) is 0 Å². The number of rotatable bonds is 7. The first-order valence-corrected chi connectivity index (χ1v) is 5.00. The van der Waals surface area contributed by atoms with Crippen molar-refractivity contribution >= 4 is 11.9 Å². The highest BCUT2D eigenvalue weighted by Crippen LogP contribution is 2.02. The summed E-state index contributed by atoms with van der Waals surface area (Å²) in [6.07, 6.45) is -0.519. The number of carbonyl (C=O) groups excluding carboxylic acids is 2. The van der Waals surface area contributed by atoms with Crippen LogP contribution >= 0.6 is 0 Å². The topological polar surface area (TPSA) is 61.8 Å². The Balaban J connectivity index is 3.98. The molecule has 1 unspecified atom stereocenters. The average molecular weight is 218 g/mol. The molecule has 5 heteroatoms. The molecule has 0 aromatic rings. The molecule has 0 saturated heterocycles. The van der Waals surface area contributed by atoms with Gasteiger partial charge in [-0.1, -0.05) is 0 Å². The van der Waals surface area contributed by atoms with E-state index in [2.05, 4.69) is 0 Å². The van der Waals surface area contributed by atoms with Gasteiger partial charge >= 0.3 is 11.9 Å². The fraction of sp³-hybridized carbons (Fsp3) is 0.800. The lowest BCUT2D eigenvalue weighted by molar-refractivity contribution is -0.156. The maximum Gasteiger partial charge on any atom is 0.309 e. The summed E-state index contributed by atoms with van der Waals surface area (Å²) in [5, 5.41) is 0. The fourth-order valence-corrected chi connectivity index (χ4v) is 1.02. The maximum absolute atomic E-state index is 11.1. The number of ether oxygens (including phenoxy) is 3. The quantitative estimate of drug-likeness (QED) is 0.594. The Hall–Kier alpha value is -1.10. The highest BCUT2D eigenvalue weighted by Gasteiger charge is 2.17. The second-order valence-corrected chi connectivity index (χ2v) is 2.90. The Morgan fingerprint density at radius 3 is 2.33 bits per heavy atom. The van der Waals surface area contributed by atoms with E-state index in [9.17, 15) is 9.59 Å². The minimum absolute atomic E-state index is 0.0351. The fourth-order valence-electron chi connectivity index (χ4n) is 1.02. The molecule has 0 bridgehead atoms. The third-order valence-corrected chi connectivity index (χ3v) is 1.54. The first-order chi connectivity index (χ1) is 7.10. The number of hydrogen-bond acceptors (Lipinski definition) is 5. The van der Waals surface area contributed by atoms with E-state index in [1.807, 2.05) is 6.92 Å². The molecule has 0 amide bonds. The van der Waals surface area contributed by atoms with Gasteiger partial charge in [0.25, 0.3) is 0 Å². The van der Waals surface area contributed by atoms with Crippen molar-refractivity contribution in [2.75, 3.05) is 19.8 Å². The first-order valence-electron chi connectivity index (χ1n) is 5.00. The van der Waals surface area contributed by atoms with Gasteiger partial charge in [0.2, 0.25) is 0 Å². The lowest BCUT2D eigenvalue weighted by atomic mass is 10.2. The molecule has 0 aromatic heterocycles. The molecule has 0 saturated carbocycles. The van der Waals surface area contributed by atoms with Crippen LogP contribution in [-0.2, 0) is 23.8 Å². The SMILES string of the molecule is CCOCC(CC(=O)OCC)OC(C)=O. The Morgan fingerprint density at radius 1 is 1.20 bits per heavy atom. The standard InChI is InChI=1S/C10H18O5/c1-4-13-7-9(15-8(3)11)6-10(12)14-5-2/h9H,4-7H2,1-3H3. The van der Waals surface area contributed by atoms with Crippen LogP contribution in [0.3, 0.4) is 0 Å². The predicted molar refractivity (Wildman–Crippen MR) is 53.3 cm³/mol. The zero-order chi connectivity index (χ0) is 11.7. The van der Waals surface area contributed by atoms with Crippen LogP contribution < -0.4 is 0 Å². The molecule has 88 valence electrons. The Labute approximate surface area is 89.7 Å². The van der Waals surface area contributed by atoms with Gasteiger partial charge in [-0.25, -0.2) is 0 Å². The van der Waals surface area contributed by atoms with Crippen LogP contribution in [0.2, 0.25) is 0 Å². The molecule has 0 rings (SSSR count). The molecule has 0 aliphatic rings. The summed E-state index contributed by atoms with van der Waals surface area (Å²) in [5.74, 6) is -0.813. The van der Waals surface area contributed by atoms with Crippen LogP contribution in [0.1, 0.15) is 27.2 Å². The summed E-state index contributed by atoms with van der Waals surface area (Å²) < 4.78 is 14.7. The van der Waals surface area contributed by atoms with E-state index in [4.69, 9.17) is 14.2 Å². The zero-order valence-corrected chi connectivity index (χ0v) is 9.45. The van der Waals surface area contributed by atoms with Gasteiger partial charge in [0.15, 0.2) is 0 Å². The molecule has 15 heavy (non-hydrogen) atoms. The van der Waals surface area contributed by atoms with E-state index in [-0.39, 0.29) is 19.0 Å². The third-order valence-electron chi connectivity index (χ3n) is 1.54. The highest BCUT2D eigenvalue weighted by atomic mass is 16.6. The van der Waals surface area contributed by atoms with Crippen LogP contribution in [-0.4, -0.2) is 37.9 Å². The van der Waals surface area contributed by atoms with Crippen molar-refractivity contribution in [3.8, 4) is 0 Å². The highest BCUT2D eigenvalue weighted by molar-refractivity contribution is 5.71. The summed E-state index contributed by atoms with van der Waals surface area (Å²) in [6.45, 7) is 5.90. The zero-order valence-electron chi connectivity index (χ0n) is 9.45. The van der Waals surface area contributed by atoms with Gasteiger partial charge in [-0.3, -0.25) is 9.59 Å². The van der Waals surface area contributed by atoms with Crippen LogP contribution in [0, 0.1) is 0 Å². The van der Waals surface area contributed by atoms with Crippen molar-refractivity contribution < 1.29 is 23.8 Å². The van der Waals surface area contributed by atoms with Gasteiger partial charge in [0.1, 0.15) is 6.10 Å². The van der Waals surface area contributed by atoms with Crippen molar-refractivity contribution in [2.45, 2.75) is 33.3 Å². The number of esters is 2. The van der Waals surface area contributed by atoms with Crippen molar-refractivity contribution in [2.24, 2.45) is 0 Å². The van der Waals surface area contributed by atoms with Crippen molar-refractivity contribution in [3.63, 3.8) is 0 Å². The lowest BCUT2D eigenvalue weighted by Crippen LogP contribution is -2.26. The van der Waals surface area contributed by atoms with Crippen molar-refractivity contribution in [1.82, 2.24) is 0 Å². The lowest BCUT2D eigenvalue weighted by Gasteiger charge is -2.15. The summed E-state index contributed by atoms with van der Waals surface area (Å²) in [4.78, 5) is 21.9. The number of hydrogen-bond donors (Lipinski definition) is 0. The van der Waals surface area contributed by atoms with Crippen LogP contribution in [0.4, 0.5) is 0 Å². The van der Waals surface area contributed by atoms with E-state index in [1.165, 1.54) is 6.92 Å². The second-order valence-electron chi connectivity index (χ2n) is 2.90. The van der Waals surface area contributed by atoms with Gasteiger partial charge in [0.05, 0.1) is 19.6 Å². The third kappa shape index (κ3) is 7.93. The molecule has 0 radical (unpaired) electrons. The second kappa shape index (κ2) is 8.23. The minimum atomic E-state index is -0.554. The molecule has 5 nitrogen and oxygen atoms in total. The maximum atomic E-state index is 11.1. The van der Waals surface area contributed by atoms with E-state index < -0.39 is 12.1 Å². The van der Waals surface area contributed by atoms with E-state index in [0.29, 0.717) is 13.2 Å². The van der Waals surface area contributed by atoms with Crippen molar-refractivity contribution in [3.05, 3.63) is 0 Å². The Kier molecular flexibility index (Phi) is 7.62. The summed E-state index contributed by atoms with van der Waals surface area (Å²) >= 11 is 0. The molecule has 0 aromatic carbocycles. The van der Waals surface area contributed by atoms with E-state index >= 15 is 0 Å². The van der Waals surface area contributed by atoms with Crippen molar-refractivity contribution in [1.29, 1.82) is 0 Å². The number of carbonyl (C=O) groups is 2. The largest absolute Gasteiger partial charge is 0.466 e. The molecule has 0 N–H and O–H groups in total. The molecular weight excluding hydrogens is 200 g/mol. The van der Waals surface area contributed by atoms with Gasteiger partial charge in [-0.15, -0.1) is 0 Å². The van der Waals surface area contributed by atoms with Crippen LogP contribution in [0.5, 0.6) is 0 Å². The molecule has 0 heterocycles. The summed E-state index contributed by atoms with van der Waals surface area (Å²) in [6, 6.07) is 0. The Bertz CT molecular complexity index is 202. The molecule has 0 fully saturated rings. The molecule has 0 spiro atoms. The molecular formula is C10H18O5.